The van der Waals surface area contributed by atoms with Crippen LogP contribution in [0.3, 0.4) is 0 Å². The van der Waals surface area contributed by atoms with Crippen molar-refractivity contribution in [2.24, 2.45) is 5.10 Å². The smallest absolute Gasteiger partial charge is 0.264 e. The van der Waals surface area contributed by atoms with Gasteiger partial charge in [0.1, 0.15) is 6.33 Å². The second-order valence-electron chi connectivity index (χ2n) is 3.39. The van der Waals surface area contributed by atoms with Gasteiger partial charge in [0, 0.05) is 17.7 Å². The molecule has 2 rings (SSSR count). The Morgan fingerprint density at radius 2 is 2.37 bits per heavy atom. The molecule has 0 aliphatic rings. The number of nitrogens with zero attached hydrogens (tertiary/aromatic N) is 4. The normalized spacial score (nSPS) is 10.5. The lowest BCUT2D eigenvalue weighted by Gasteiger charge is -1.95. The highest BCUT2D eigenvalue weighted by Gasteiger charge is 2.07. The minimum atomic E-state index is -0.556. The highest BCUT2D eigenvalue weighted by molar-refractivity contribution is 5.91. The fraction of sp³-hybridized carbons (Fsp3) is 0. The van der Waals surface area contributed by atoms with Gasteiger partial charge in [-0.3, -0.25) is 20.0 Å². The van der Waals surface area contributed by atoms with E-state index in [0.717, 1.165) is 0 Å². The van der Waals surface area contributed by atoms with E-state index in [0.29, 0.717) is 5.56 Å². The molecule has 1 aromatic heterocycles. The Bertz CT molecular complexity index is 622. The largest absolute Gasteiger partial charge is 0.308 e. The molecule has 0 bridgehead atoms. The summed E-state index contributed by atoms with van der Waals surface area (Å²) in [4.78, 5) is 25.1. The molecule has 9 nitrogen and oxygen atoms in total. The fourth-order valence-corrected chi connectivity index (χ4v) is 1.25. The maximum absolute atomic E-state index is 11.4. The molecule has 96 valence electrons. The predicted octanol–water partition coefficient (Wildman–Crippen LogP) is 0.477. The molecule has 9 heteroatoms. The zero-order valence-electron chi connectivity index (χ0n) is 9.48. The van der Waals surface area contributed by atoms with Gasteiger partial charge < -0.3 is 0 Å². The zero-order valence-corrected chi connectivity index (χ0v) is 9.48. The Hall–Kier alpha value is -3.10. The van der Waals surface area contributed by atoms with Crippen LogP contribution in [0.1, 0.15) is 16.2 Å². The molecule has 0 radical (unpaired) electrons. The third-order valence-corrected chi connectivity index (χ3v) is 2.09. The van der Waals surface area contributed by atoms with Gasteiger partial charge in [0.2, 0.25) is 5.82 Å². The van der Waals surface area contributed by atoms with E-state index >= 15 is 0 Å². The number of carbonyl (C=O) groups is 1. The number of benzene rings is 1. The number of carbonyl (C=O) groups excluding carboxylic acids is 1. The van der Waals surface area contributed by atoms with Gasteiger partial charge in [-0.05, 0) is 0 Å². The number of amides is 1. The maximum atomic E-state index is 11.4. The van der Waals surface area contributed by atoms with Gasteiger partial charge in [0.05, 0.1) is 11.1 Å². The zero-order chi connectivity index (χ0) is 13.7. The van der Waals surface area contributed by atoms with Gasteiger partial charge in [-0.15, -0.1) is 0 Å². The first-order valence-electron chi connectivity index (χ1n) is 5.10. The maximum Gasteiger partial charge on any atom is 0.308 e. The van der Waals surface area contributed by atoms with Crippen molar-refractivity contribution in [3.63, 3.8) is 0 Å². The van der Waals surface area contributed by atoms with Crippen LogP contribution >= 0.6 is 0 Å². The van der Waals surface area contributed by atoms with Crippen LogP contribution in [-0.4, -0.2) is 32.2 Å². The summed E-state index contributed by atoms with van der Waals surface area (Å²) in [6, 6.07) is 5.85. The molecule has 0 fully saturated rings. The number of H-pyrrole nitrogens is 1. The van der Waals surface area contributed by atoms with Crippen LogP contribution in [0.25, 0.3) is 0 Å². The Kier molecular flexibility index (Phi) is 3.57. The first-order chi connectivity index (χ1) is 9.16. The molecule has 0 saturated heterocycles. The van der Waals surface area contributed by atoms with Crippen molar-refractivity contribution in [1.82, 2.24) is 20.6 Å². The standard InChI is InChI=1S/C10H8N6O3/c17-10(9-11-6-13-14-9)15-12-5-7-2-1-3-8(4-7)16(18)19/h1-6H,(H,15,17)(H,11,13,14)/b12-5-. The van der Waals surface area contributed by atoms with E-state index in [1.807, 2.05) is 0 Å². The monoisotopic (exact) mass is 260 g/mol. The summed E-state index contributed by atoms with van der Waals surface area (Å²) in [5.74, 6) is -0.532. The molecule has 2 aromatic rings. The summed E-state index contributed by atoms with van der Waals surface area (Å²) >= 11 is 0. The average molecular weight is 260 g/mol. The molecular formula is C10H8N6O3. The Morgan fingerprint density at radius 1 is 1.53 bits per heavy atom. The highest BCUT2D eigenvalue weighted by Crippen LogP contribution is 2.11. The van der Waals surface area contributed by atoms with Gasteiger partial charge in [-0.25, -0.2) is 10.4 Å². The number of rotatable bonds is 4. The number of nitrogens with one attached hydrogen (secondary N) is 2. The van der Waals surface area contributed by atoms with Crippen LogP contribution < -0.4 is 5.43 Å². The molecule has 19 heavy (non-hydrogen) atoms. The lowest BCUT2D eigenvalue weighted by molar-refractivity contribution is -0.384. The van der Waals surface area contributed by atoms with Crippen molar-refractivity contribution in [1.29, 1.82) is 0 Å². The van der Waals surface area contributed by atoms with Gasteiger partial charge in [-0.1, -0.05) is 12.1 Å². The Labute approximate surface area is 106 Å². The summed E-state index contributed by atoms with van der Waals surface area (Å²) in [6.45, 7) is 0. The number of nitro benzene ring substituents is 1. The molecule has 0 aliphatic heterocycles. The average Bonchev–Trinajstić information content (AvgIpc) is 2.93. The number of aromatic nitrogens is 3. The minimum Gasteiger partial charge on any atom is -0.264 e. The van der Waals surface area contributed by atoms with E-state index in [-0.39, 0.29) is 11.5 Å². The number of hydrogen-bond acceptors (Lipinski definition) is 6. The van der Waals surface area contributed by atoms with Crippen LogP contribution in [0.2, 0.25) is 0 Å². The third kappa shape index (κ3) is 3.19. The van der Waals surface area contributed by atoms with Crippen molar-refractivity contribution in [2.45, 2.75) is 0 Å². The summed E-state index contributed by atoms with van der Waals surface area (Å²) in [6.07, 6.45) is 2.49. The molecule has 1 aromatic carbocycles. The van der Waals surface area contributed by atoms with Crippen molar-refractivity contribution in [2.75, 3.05) is 0 Å². The molecule has 1 amide bonds. The van der Waals surface area contributed by atoms with Gasteiger partial charge in [0.25, 0.3) is 5.69 Å². The van der Waals surface area contributed by atoms with Crippen LogP contribution in [0, 0.1) is 10.1 Å². The van der Waals surface area contributed by atoms with E-state index in [9.17, 15) is 14.9 Å². The predicted molar refractivity (Wildman–Crippen MR) is 64.5 cm³/mol. The molecule has 0 unspecified atom stereocenters. The lowest BCUT2D eigenvalue weighted by Crippen LogP contribution is -2.19. The molecule has 0 saturated carbocycles. The van der Waals surface area contributed by atoms with E-state index in [4.69, 9.17) is 0 Å². The van der Waals surface area contributed by atoms with Crippen molar-refractivity contribution in [3.8, 4) is 0 Å². The molecule has 1 heterocycles. The number of hydrazone groups is 1. The minimum absolute atomic E-state index is 0.0243. The van der Waals surface area contributed by atoms with Gasteiger partial charge in [0.15, 0.2) is 0 Å². The van der Waals surface area contributed by atoms with E-state index in [2.05, 4.69) is 25.7 Å². The quantitative estimate of drug-likeness (QED) is 0.469. The summed E-state index contributed by atoms with van der Waals surface area (Å²) in [5, 5.41) is 20.1. The number of non-ortho nitro benzene ring substituents is 1. The third-order valence-electron chi connectivity index (χ3n) is 2.09. The first kappa shape index (κ1) is 12.4. The Balaban J connectivity index is 2.01. The summed E-state index contributed by atoms with van der Waals surface area (Å²) in [5.41, 5.74) is 2.65. The van der Waals surface area contributed by atoms with Crippen LogP contribution in [0.15, 0.2) is 35.7 Å². The summed E-state index contributed by atoms with van der Waals surface area (Å²) in [7, 11) is 0. The van der Waals surface area contributed by atoms with Gasteiger partial charge in [-0.2, -0.15) is 10.2 Å². The summed E-state index contributed by atoms with van der Waals surface area (Å²) < 4.78 is 0. The van der Waals surface area contributed by atoms with Crippen LogP contribution in [-0.2, 0) is 0 Å². The molecular weight excluding hydrogens is 252 g/mol. The van der Waals surface area contributed by atoms with Crippen LogP contribution in [0.5, 0.6) is 0 Å². The van der Waals surface area contributed by atoms with Crippen LogP contribution in [0.4, 0.5) is 5.69 Å². The van der Waals surface area contributed by atoms with Crippen molar-refractivity contribution < 1.29 is 9.72 Å². The number of nitro groups is 1. The highest BCUT2D eigenvalue weighted by atomic mass is 16.6. The van der Waals surface area contributed by atoms with Crippen molar-refractivity contribution >= 4 is 17.8 Å². The lowest BCUT2D eigenvalue weighted by atomic mass is 10.2. The fourth-order valence-electron chi connectivity index (χ4n) is 1.25. The van der Waals surface area contributed by atoms with E-state index in [1.165, 1.54) is 30.7 Å². The SMILES string of the molecule is O=C(N/N=C\c1cccc([N+](=O)[O-])c1)c1ncn[nH]1. The molecule has 0 aliphatic carbocycles. The van der Waals surface area contributed by atoms with Gasteiger partial charge >= 0.3 is 5.91 Å². The second-order valence-corrected chi connectivity index (χ2v) is 3.39. The Morgan fingerprint density at radius 3 is 3.05 bits per heavy atom. The van der Waals surface area contributed by atoms with E-state index < -0.39 is 10.8 Å². The molecule has 2 N–H and O–H groups in total. The van der Waals surface area contributed by atoms with E-state index in [1.54, 1.807) is 6.07 Å². The molecule has 0 spiro atoms. The van der Waals surface area contributed by atoms with Crippen molar-refractivity contribution in [3.05, 3.63) is 52.1 Å². The number of hydrogen-bond donors (Lipinski definition) is 2. The second kappa shape index (κ2) is 5.49. The first-order valence-corrected chi connectivity index (χ1v) is 5.10. The number of aromatic amines is 1. The topological polar surface area (TPSA) is 126 Å². The molecule has 0 atom stereocenters.